The molecular weight excluding hydrogens is 282 g/mol. The van der Waals surface area contributed by atoms with Crippen molar-refractivity contribution in [1.82, 2.24) is 14.7 Å². The van der Waals surface area contributed by atoms with Gasteiger partial charge >= 0.3 is 0 Å². The van der Waals surface area contributed by atoms with Gasteiger partial charge in [-0.25, -0.2) is 0 Å². The van der Waals surface area contributed by atoms with Crippen molar-refractivity contribution in [3.63, 3.8) is 0 Å². The summed E-state index contributed by atoms with van der Waals surface area (Å²) in [6, 6.07) is 7.06. The molecule has 0 fully saturated rings. The van der Waals surface area contributed by atoms with E-state index >= 15 is 0 Å². The zero-order chi connectivity index (χ0) is 16.1. The fourth-order valence-electron chi connectivity index (χ4n) is 2.17. The van der Waals surface area contributed by atoms with Gasteiger partial charge in [-0.2, -0.15) is 5.10 Å². The highest BCUT2D eigenvalue weighted by molar-refractivity contribution is 5.94. The molecule has 0 unspecified atom stereocenters. The number of amides is 1. The lowest BCUT2D eigenvalue weighted by molar-refractivity contribution is 0.0782. The van der Waals surface area contributed by atoms with Gasteiger partial charge < -0.3 is 14.4 Å². The molecule has 0 bridgehead atoms. The van der Waals surface area contributed by atoms with Crippen molar-refractivity contribution in [2.75, 3.05) is 21.3 Å². The normalized spacial score (nSPS) is 10.4. The van der Waals surface area contributed by atoms with E-state index in [2.05, 4.69) is 5.10 Å². The summed E-state index contributed by atoms with van der Waals surface area (Å²) in [5.41, 5.74) is 1.41. The number of hydrogen-bond donors (Lipinski definition) is 0. The molecule has 1 heterocycles. The summed E-state index contributed by atoms with van der Waals surface area (Å²) >= 11 is 0. The van der Waals surface area contributed by atoms with Crippen LogP contribution in [0.4, 0.5) is 0 Å². The Morgan fingerprint density at radius 3 is 2.55 bits per heavy atom. The largest absolute Gasteiger partial charge is 0.493 e. The summed E-state index contributed by atoms with van der Waals surface area (Å²) in [5, 5.41) is 4.38. The topological polar surface area (TPSA) is 56.6 Å². The number of methoxy groups -OCH3 is 2. The van der Waals surface area contributed by atoms with Gasteiger partial charge in [-0.05, 0) is 31.2 Å². The Kier molecular flexibility index (Phi) is 5.04. The van der Waals surface area contributed by atoms with Crippen LogP contribution in [0.3, 0.4) is 0 Å². The third-order valence-corrected chi connectivity index (χ3v) is 3.40. The lowest BCUT2D eigenvalue weighted by Gasteiger charge is -2.17. The van der Waals surface area contributed by atoms with E-state index in [1.165, 1.54) is 0 Å². The molecule has 0 aliphatic heterocycles. The van der Waals surface area contributed by atoms with Crippen LogP contribution in [-0.4, -0.2) is 41.9 Å². The SMILES string of the molecule is CCn1ccc(CN(C)C(=O)c2ccc(OC)c(OC)c2)n1. The van der Waals surface area contributed by atoms with Gasteiger partial charge in [0, 0.05) is 25.4 Å². The van der Waals surface area contributed by atoms with Gasteiger partial charge in [0.2, 0.25) is 0 Å². The Bertz CT molecular complexity index is 652. The first kappa shape index (κ1) is 15.9. The van der Waals surface area contributed by atoms with Gasteiger partial charge in [0.25, 0.3) is 5.91 Å². The lowest BCUT2D eigenvalue weighted by atomic mass is 10.1. The molecule has 0 saturated carbocycles. The molecule has 0 saturated heterocycles. The summed E-state index contributed by atoms with van der Waals surface area (Å²) in [4.78, 5) is 14.1. The number of nitrogens with zero attached hydrogens (tertiary/aromatic N) is 3. The van der Waals surface area contributed by atoms with Crippen molar-refractivity contribution >= 4 is 5.91 Å². The first-order chi connectivity index (χ1) is 10.6. The number of aryl methyl sites for hydroxylation is 1. The first-order valence-corrected chi connectivity index (χ1v) is 7.08. The molecule has 22 heavy (non-hydrogen) atoms. The predicted molar refractivity (Wildman–Crippen MR) is 83.2 cm³/mol. The van der Waals surface area contributed by atoms with Crippen LogP contribution >= 0.6 is 0 Å². The molecule has 0 atom stereocenters. The molecule has 0 aliphatic carbocycles. The number of carbonyl (C=O) groups is 1. The standard InChI is InChI=1S/C16H21N3O3/c1-5-19-9-8-13(17-19)11-18(2)16(20)12-6-7-14(21-3)15(10-12)22-4/h6-10H,5,11H2,1-4H3. The van der Waals surface area contributed by atoms with Crippen LogP contribution in [0.1, 0.15) is 23.0 Å². The molecule has 0 aliphatic rings. The Morgan fingerprint density at radius 1 is 1.23 bits per heavy atom. The van der Waals surface area contributed by atoms with Crippen LogP contribution in [-0.2, 0) is 13.1 Å². The van der Waals surface area contributed by atoms with E-state index in [9.17, 15) is 4.79 Å². The van der Waals surface area contributed by atoms with Crippen LogP contribution in [0.15, 0.2) is 30.5 Å². The number of carbonyl (C=O) groups excluding carboxylic acids is 1. The third kappa shape index (κ3) is 3.39. The molecule has 2 rings (SSSR count). The van der Waals surface area contributed by atoms with Gasteiger partial charge in [-0.1, -0.05) is 0 Å². The molecule has 6 nitrogen and oxygen atoms in total. The molecule has 0 spiro atoms. The summed E-state index contributed by atoms with van der Waals surface area (Å²) in [7, 11) is 4.87. The predicted octanol–water partition coefficient (Wildman–Crippen LogP) is 2.19. The first-order valence-electron chi connectivity index (χ1n) is 7.08. The van der Waals surface area contributed by atoms with E-state index in [4.69, 9.17) is 9.47 Å². The number of aromatic nitrogens is 2. The van der Waals surface area contributed by atoms with Crippen LogP contribution in [0, 0.1) is 0 Å². The molecule has 1 aromatic carbocycles. The van der Waals surface area contributed by atoms with E-state index in [0.29, 0.717) is 23.6 Å². The Labute approximate surface area is 130 Å². The maximum absolute atomic E-state index is 12.5. The fraction of sp³-hybridized carbons (Fsp3) is 0.375. The van der Waals surface area contributed by atoms with Crippen molar-refractivity contribution in [3.8, 4) is 11.5 Å². The number of ether oxygens (including phenoxy) is 2. The number of rotatable bonds is 6. The molecule has 0 radical (unpaired) electrons. The lowest BCUT2D eigenvalue weighted by Crippen LogP contribution is -2.26. The Morgan fingerprint density at radius 2 is 1.95 bits per heavy atom. The molecule has 1 amide bonds. The molecule has 2 aromatic rings. The van der Waals surface area contributed by atoms with Crippen LogP contribution in [0.25, 0.3) is 0 Å². The maximum atomic E-state index is 12.5. The molecule has 118 valence electrons. The van der Waals surface area contributed by atoms with E-state index in [1.54, 1.807) is 44.4 Å². The highest BCUT2D eigenvalue weighted by atomic mass is 16.5. The van der Waals surface area contributed by atoms with Gasteiger partial charge in [0.1, 0.15) is 0 Å². The average Bonchev–Trinajstić information content (AvgIpc) is 3.00. The van der Waals surface area contributed by atoms with E-state index in [1.807, 2.05) is 23.9 Å². The quantitative estimate of drug-likeness (QED) is 0.821. The summed E-state index contributed by atoms with van der Waals surface area (Å²) in [6.45, 7) is 3.29. The van der Waals surface area contributed by atoms with E-state index in [-0.39, 0.29) is 5.91 Å². The highest BCUT2D eigenvalue weighted by Crippen LogP contribution is 2.28. The van der Waals surface area contributed by atoms with Crippen molar-refractivity contribution < 1.29 is 14.3 Å². The fourth-order valence-corrected chi connectivity index (χ4v) is 2.17. The highest BCUT2D eigenvalue weighted by Gasteiger charge is 2.15. The van der Waals surface area contributed by atoms with Crippen molar-refractivity contribution in [1.29, 1.82) is 0 Å². The zero-order valence-electron chi connectivity index (χ0n) is 13.4. The summed E-state index contributed by atoms with van der Waals surface area (Å²) < 4.78 is 12.2. The van der Waals surface area contributed by atoms with Crippen LogP contribution in [0.5, 0.6) is 11.5 Å². The van der Waals surface area contributed by atoms with E-state index in [0.717, 1.165) is 12.2 Å². The minimum absolute atomic E-state index is 0.0907. The Hall–Kier alpha value is -2.50. The van der Waals surface area contributed by atoms with Gasteiger partial charge in [0.15, 0.2) is 11.5 Å². The van der Waals surface area contributed by atoms with Gasteiger partial charge in [0.05, 0.1) is 26.5 Å². The average molecular weight is 303 g/mol. The smallest absolute Gasteiger partial charge is 0.254 e. The second-order valence-electron chi connectivity index (χ2n) is 4.89. The van der Waals surface area contributed by atoms with E-state index < -0.39 is 0 Å². The molecule has 1 aromatic heterocycles. The zero-order valence-corrected chi connectivity index (χ0v) is 13.4. The summed E-state index contributed by atoms with van der Waals surface area (Å²) in [5.74, 6) is 1.05. The monoisotopic (exact) mass is 303 g/mol. The maximum Gasteiger partial charge on any atom is 0.254 e. The van der Waals surface area contributed by atoms with Gasteiger partial charge in [-0.3, -0.25) is 9.48 Å². The second-order valence-corrected chi connectivity index (χ2v) is 4.89. The molecular formula is C16H21N3O3. The third-order valence-electron chi connectivity index (χ3n) is 3.40. The Balaban J connectivity index is 2.12. The summed E-state index contributed by atoms with van der Waals surface area (Å²) in [6.07, 6.45) is 1.91. The minimum atomic E-state index is -0.0907. The van der Waals surface area contributed by atoms with Gasteiger partial charge in [-0.15, -0.1) is 0 Å². The van der Waals surface area contributed by atoms with Crippen molar-refractivity contribution in [2.24, 2.45) is 0 Å². The second kappa shape index (κ2) is 6.98. The van der Waals surface area contributed by atoms with Crippen LogP contribution < -0.4 is 9.47 Å². The van der Waals surface area contributed by atoms with Crippen LogP contribution in [0.2, 0.25) is 0 Å². The molecule has 0 N–H and O–H groups in total. The number of benzene rings is 1. The van der Waals surface area contributed by atoms with Crippen molar-refractivity contribution in [3.05, 3.63) is 41.7 Å². The molecule has 6 heteroatoms. The van der Waals surface area contributed by atoms with Crippen molar-refractivity contribution in [2.45, 2.75) is 20.0 Å². The minimum Gasteiger partial charge on any atom is -0.493 e. The number of hydrogen-bond acceptors (Lipinski definition) is 4.